The molecule has 0 saturated heterocycles. The Bertz CT molecular complexity index is 1250. The minimum absolute atomic E-state index is 0.125. The van der Waals surface area contributed by atoms with Crippen LogP contribution in [0.3, 0.4) is 0 Å². The van der Waals surface area contributed by atoms with Crippen LogP contribution in [-0.4, -0.2) is 30.9 Å². The zero-order chi connectivity index (χ0) is 27.6. The second kappa shape index (κ2) is 14.1. The minimum atomic E-state index is -0.413. The molecule has 3 aromatic carbocycles. The van der Waals surface area contributed by atoms with Crippen molar-refractivity contribution in [3.8, 4) is 28.0 Å². The van der Waals surface area contributed by atoms with E-state index in [9.17, 15) is 9.90 Å². The van der Waals surface area contributed by atoms with Crippen LogP contribution in [0.15, 0.2) is 72.8 Å². The number of ether oxygens (including phenoxy) is 2. The number of carbonyl (C=O) groups is 1. The molecular weight excluding hydrogens is 484 g/mol. The predicted molar refractivity (Wildman–Crippen MR) is 159 cm³/mol. The third-order valence-electron chi connectivity index (χ3n) is 7.71. The van der Waals surface area contributed by atoms with Crippen LogP contribution in [0, 0.1) is 0 Å². The third kappa shape index (κ3) is 7.60. The first kappa shape index (κ1) is 28.6. The number of hydrogen-bond acceptors (Lipinski definition) is 4. The zero-order valence-corrected chi connectivity index (χ0v) is 23.5. The molecule has 0 aromatic heterocycles. The molecule has 0 amide bonds. The summed E-state index contributed by atoms with van der Waals surface area (Å²) in [7, 11) is 0. The van der Waals surface area contributed by atoms with Gasteiger partial charge in [0, 0.05) is 12.2 Å². The molecule has 4 nitrogen and oxygen atoms in total. The minimum Gasteiger partial charge on any atom is -0.490 e. The van der Waals surface area contributed by atoms with Gasteiger partial charge in [-0.25, -0.2) is 4.79 Å². The third-order valence-corrected chi connectivity index (χ3v) is 7.71. The van der Waals surface area contributed by atoms with Gasteiger partial charge < -0.3 is 14.6 Å². The summed E-state index contributed by atoms with van der Waals surface area (Å²) in [5, 5.41) is 9.34. The summed E-state index contributed by atoms with van der Waals surface area (Å²) in [5.74, 6) is 1.07. The molecule has 4 rings (SSSR count). The summed E-state index contributed by atoms with van der Waals surface area (Å²) < 4.78 is 11.3. The normalized spacial score (nSPS) is 13.7. The Labute approximate surface area is 233 Å². The van der Waals surface area contributed by atoms with E-state index in [2.05, 4.69) is 74.2 Å². The van der Waals surface area contributed by atoms with Crippen LogP contribution in [0.25, 0.3) is 22.3 Å². The Morgan fingerprint density at radius 3 is 2.31 bits per heavy atom. The van der Waals surface area contributed by atoms with Crippen LogP contribution in [0.1, 0.15) is 75.0 Å². The van der Waals surface area contributed by atoms with Gasteiger partial charge in [-0.15, -0.1) is 0 Å². The summed E-state index contributed by atoms with van der Waals surface area (Å²) in [5.41, 5.74) is 8.94. The van der Waals surface area contributed by atoms with Crippen LogP contribution in [-0.2, 0) is 22.4 Å². The molecule has 4 heteroatoms. The van der Waals surface area contributed by atoms with E-state index < -0.39 is 5.97 Å². The number of esters is 1. The molecule has 39 heavy (non-hydrogen) atoms. The van der Waals surface area contributed by atoms with Crippen molar-refractivity contribution in [2.75, 3.05) is 19.8 Å². The fourth-order valence-electron chi connectivity index (χ4n) is 5.47. The van der Waals surface area contributed by atoms with E-state index in [1.807, 2.05) is 0 Å². The molecule has 0 heterocycles. The molecule has 0 atom stereocenters. The van der Waals surface area contributed by atoms with E-state index >= 15 is 0 Å². The zero-order valence-electron chi connectivity index (χ0n) is 23.5. The highest BCUT2D eigenvalue weighted by atomic mass is 16.6. The molecule has 1 N–H and O–H groups in total. The maximum atomic E-state index is 11.7. The second-order valence-electron chi connectivity index (χ2n) is 10.6. The molecule has 206 valence electrons. The van der Waals surface area contributed by atoms with Gasteiger partial charge in [-0.05, 0) is 90.0 Å². The summed E-state index contributed by atoms with van der Waals surface area (Å²) >= 11 is 0. The van der Waals surface area contributed by atoms with Gasteiger partial charge in [-0.3, -0.25) is 0 Å². The Morgan fingerprint density at radius 2 is 1.62 bits per heavy atom. The molecule has 1 fully saturated rings. The van der Waals surface area contributed by atoms with E-state index in [4.69, 9.17) is 9.47 Å². The lowest BCUT2D eigenvalue weighted by molar-refractivity contribution is -0.139. The highest BCUT2D eigenvalue weighted by Crippen LogP contribution is 2.36. The number of carbonyl (C=O) groups excluding carboxylic acids is 1. The largest absolute Gasteiger partial charge is 0.490 e. The lowest BCUT2D eigenvalue weighted by atomic mass is 9.83. The van der Waals surface area contributed by atoms with Crippen LogP contribution in [0.5, 0.6) is 5.75 Å². The predicted octanol–water partition coefficient (Wildman–Crippen LogP) is 8.05. The average molecular weight is 527 g/mol. The van der Waals surface area contributed by atoms with E-state index in [0.29, 0.717) is 18.4 Å². The van der Waals surface area contributed by atoms with Gasteiger partial charge in [0.15, 0.2) is 0 Å². The van der Waals surface area contributed by atoms with Gasteiger partial charge in [0.2, 0.25) is 0 Å². The quantitative estimate of drug-likeness (QED) is 0.147. The topological polar surface area (TPSA) is 55.8 Å². The van der Waals surface area contributed by atoms with E-state index in [-0.39, 0.29) is 19.8 Å². The van der Waals surface area contributed by atoms with Crippen molar-refractivity contribution < 1.29 is 19.4 Å². The molecule has 0 spiro atoms. The molecule has 1 saturated carbocycles. The molecule has 0 aliphatic heterocycles. The van der Waals surface area contributed by atoms with Crippen molar-refractivity contribution in [1.29, 1.82) is 0 Å². The number of aliphatic hydroxyl groups excluding tert-OH is 1. The fraction of sp³-hybridized carbons (Fsp3) is 0.400. The van der Waals surface area contributed by atoms with Gasteiger partial charge >= 0.3 is 5.97 Å². The van der Waals surface area contributed by atoms with Crippen molar-refractivity contribution in [3.63, 3.8) is 0 Å². The van der Waals surface area contributed by atoms with Crippen LogP contribution in [0.4, 0.5) is 0 Å². The fourth-order valence-corrected chi connectivity index (χ4v) is 5.47. The smallest absolute Gasteiger partial charge is 0.333 e. The molecule has 0 radical (unpaired) electrons. The first-order valence-corrected chi connectivity index (χ1v) is 14.4. The van der Waals surface area contributed by atoms with Crippen LogP contribution >= 0.6 is 0 Å². The summed E-state index contributed by atoms with van der Waals surface area (Å²) in [4.78, 5) is 11.7. The highest BCUT2D eigenvalue weighted by Gasteiger charge is 2.16. The second-order valence-corrected chi connectivity index (χ2v) is 10.6. The lowest BCUT2D eigenvalue weighted by Gasteiger charge is -2.22. The molecular formula is C35H42O4. The molecule has 1 aliphatic rings. The molecule has 0 unspecified atom stereocenters. The summed E-state index contributed by atoms with van der Waals surface area (Å²) in [6.45, 7) is 7.97. The van der Waals surface area contributed by atoms with Gasteiger partial charge in [-0.1, -0.05) is 87.4 Å². The van der Waals surface area contributed by atoms with Crippen LogP contribution < -0.4 is 4.74 Å². The van der Waals surface area contributed by atoms with E-state index in [1.165, 1.54) is 59.9 Å². The Balaban J connectivity index is 1.53. The van der Waals surface area contributed by atoms with Crippen molar-refractivity contribution in [2.45, 2.75) is 71.1 Å². The Hall–Kier alpha value is -3.37. The van der Waals surface area contributed by atoms with Gasteiger partial charge in [-0.2, -0.15) is 0 Å². The molecule has 3 aromatic rings. The summed E-state index contributed by atoms with van der Waals surface area (Å²) in [6.07, 6.45) is 9.02. The number of aryl methyl sites for hydroxylation is 2. The molecule has 0 bridgehead atoms. The summed E-state index contributed by atoms with van der Waals surface area (Å²) in [6, 6.07) is 22.2. The molecule has 1 aliphatic carbocycles. The van der Waals surface area contributed by atoms with Crippen molar-refractivity contribution in [2.24, 2.45) is 0 Å². The van der Waals surface area contributed by atoms with E-state index in [1.54, 1.807) is 6.92 Å². The first-order chi connectivity index (χ1) is 19.0. The Kier molecular flexibility index (Phi) is 10.4. The van der Waals surface area contributed by atoms with Gasteiger partial charge in [0.25, 0.3) is 0 Å². The lowest BCUT2D eigenvalue weighted by Crippen LogP contribution is -2.13. The monoisotopic (exact) mass is 526 g/mol. The SMILES string of the molecule is C=C(C)C(=O)OCCOc1cc(-c2ccc(-c3ccc(C4CCCCC4)cc3)cc2CC)ccc1CCCO. The average Bonchev–Trinajstić information content (AvgIpc) is 2.98. The maximum Gasteiger partial charge on any atom is 0.333 e. The maximum absolute atomic E-state index is 11.7. The number of benzene rings is 3. The highest BCUT2D eigenvalue weighted by molar-refractivity contribution is 5.86. The van der Waals surface area contributed by atoms with Crippen molar-refractivity contribution >= 4 is 5.97 Å². The number of rotatable bonds is 12. The van der Waals surface area contributed by atoms with Gasteiger partial charge in [0.05, 0.1) is 0 Å². The van der Waals surface area contributed by atoms with Crippen molar-refractivity contribution in [3.05, 3.63) is 89.5 Å². The van der Waals surface area contributed by atoms with Gasteiger partial charge in [0.1, 0.15) is 19.0 Å². The first-order valence-electron chi connectivity index (χ1n) is 14.4. The Morgan fingerprint density at radius 1 is 0.897 bits per heavy atom. The number of hydrogen-bond donors (Lipinski definition) is 1. The van der Waals surface area contributed by atoms with Crippen molar-refractivity contribution in [1.82, 2.24) is 0 Å². The standard InChI is InChI=1S/C35H42O4/c1-4-26-23-31(29-14-12-28(13-15-29)27-9-6-5-7-10-27)18-19-33(26)32-17-16-30(11-8-20-36)34(24-32)38-21-22-39-35(37)25(2)3/h12-19,23-24,27,36H,2,4-11,20-22H2,1,3H3. The van der Waals surface area contributed by atoms with Crippen LogP contribution in [0.2, 0.25) is 0 Å². The number of aliphatic hydroxyl groups is 1. The van der Waals surface area contributed by atoms with E-state index in [0.717, 1.165) is 29.2 Å².